The molecule has 3 atom stereocenters. The van der Waals surface area contributed by atoms with Gasteiger partial charge in [-0.1, -0.05) is 109 Å². The second kappa shape index (κ2) is 12.9. The molecule has 0 radical (unpaired) electrons. The number of nitrogens with one attached hydrogen (secondary N) is 1. The van der Waals surface area contributed by atoms with Crippen LogP contribution >= 0.6 is 15.9 Å². The van der Waals surface area contributed by atoms with Gasteiger partial charge in [-0.15, -0.1) is 0 Å². The zero-order valence-electron chi connectivity index (χ0n) is 25.0. The highest BCUT2D eigenvalue weighted by Gasteiger charge is 2.65. The van der Waals surface area contributed by atoms with E-state index >= 15 is 0 Å². The third-order valence-electron chi connectivity index (χ3n) is 8.14. The first kappa shape index (κ1) is 31.6. The first-order valence-electron chi connectivity index (χ1n) is 14.3. The minimum absolute atomic E-state index is 0.150. The third kappa shape index (κ3) is 7.16. The van der Waals surface area contributed by atoms with Crippen LogP contribution in [0.2, 0.25) is 0 Å². The maximum Gasteiger partial charge on any atom is 0.410 e. The highest BCUT2D eigenvalue weighted by molar-refractivity contribution is 9.10. The number of nitrogens with zero attached hydrogens (tertiary/aromatic N) is 1. The number of carbonyl (C=O) groups is 2. The van der Waals surface area contributed by atoms with Crippen molar-refractivity contribution < 1.29 is 24.2 Å². The van der Waals surface area contributed by atoms with Crippen molar-refractivity contribution in [2.75, 3.05) is 0 Å². The maximum atomic E-state index is 13.1. The lowest BCUT2D eigenvalue weighted by Crippen LogP contribution is -2.65. The summed E-state index contributed by atoms with van der Waals surface area (Å²) in [6.07, 6.45) is -0.730. The number of benzene rings is 3. The molecule has 1 saturated heterocycles. The summed E-state index contributed by atoms with van der Waals surface area (Å²) >= 11 is 3.50. The van der Waals surface area contributed by atoms with Crippen LogP contribution in [0.5, 0.6) is 0 Å². The van der Waals surface area contributed by atoms with Gasteiger partial charge >= 0.3 is 12.2 Å². The van der Waals surface area contributed by atoms with Gasteiger partial charge in [-0.25, -0.2) is 9.59 Å². The van der Waals surface area contributed by atoms with Gasteiger partial charge < -0.3 is 19.9 Å². The number of ether oxygens (including phenoxy) is 2. The summed E-state index contributed by atoms with van der Waals surface area (Å²) in [5.41, 5.74) is 0.402. The molecule has 2 amide bonds. The third-order valence-corrected chi connectivity index (χ3v) is 8.66. The molecule has 3 aromatic carbocycles. The van der Waals surface area contributed by atoms with Crippen LogP contribution in [0.25, 0.3) is 0 Å². The van der Waals surface area contributed by atoms with Crippen molar-refractivity contribution in [1.82, 2.24) is 10.2 Å². The molecule has 0 spiro atoms. The van der Waals surface area contributed by atoms with Crippen LogP contribution in [0, 0.1) is 5.41 Å². The summed E-state index contributed by atoms with van der Waals surface area (Å²) in [6, 6.07) is 27.0. The second-order valence-electron chi connectivity index (χ2n) is 12.5. The summed E-state index contributed by atoms with van der Waals surface area (Å²) in [7, 11) is 0. The monoisotopic (exact) mass is 636 g/mol. The van der Waals surface area contributed by atoms with Crippen LogP contribution in [0.4, 0.5) is 9.59 Å². The summed E-state index contributed by atoms with van der Waals surface area (Å²) in [5, 5.41) is 13.7. The average Bonchev–Trinajstić information content (AvgIpc) is 3.16. The molecule has 1 unspecified atom stereocenters. The lowest BCUT2D eigenvalue weighted by molar-refractivity contribution is -0.0704. The van der Waals surface area contributed by atoms with E-state index in [1.807, 2.05) is 84.9 Å². The summed E-state index contributed by atoms with van der Waals surface area (Å²) in [5.74, 6) is 0. The Kier molecular flexibility index (Phi) is 9.68. The zero-order valence-corrected chi connectivity index (χ0v) is 26.6. The van der Waals surface area contributed by atoms with Gasteiger partial charge in [0.15, 0.2) is 0 Å². The van der Waals surface area contributed by atoms with Gasteiger partial charge in [0.1, 0.15) is 12.3 Å². The number of hydrogen-bond donors (Lipinski definition) is 2. The van der Waals surface area contributed by atoms with Crippen LogP contribution in [-0.2, 0) is 28.9 Å². The normalized spacial score (nSPS) is 20.6. The van der Waals surface area contributed by atoms with Crippen LogP contribution in [-0.4, -0.2) is 45.6 Å². The smallest absolute Gasteiger partial charge is 0.410 e. The van der Waals surface area contributed by atoms with Gasteiger partial charge in [0.05, 0.1) is 11.6 Å². The molecule has 7 nitrogen and oxygen atoms in total. The SMILES string of the molecule is CC1(C)O[C@@H](CC(Cc2ccc(Br)cc2)NC(=O)OCc2ccccc2)[C@](Cc2ccccc2)(C(C)(C)C)N1C(=O)O. The van der Waals surface area contributed by atoms with Crippen LogP contribution in [0.3, 0.4) is 0 Å². The summed E-state index contributed by atoms with van der Waals surface area (Å²) in [4.78, 5) is 27.6. The lowest BCUT2D eigenvalue weighted by Gasteiger charge is -2.51. The Morgan fingerprint density at radius 1 is 0.952 bits per heavy atom. The summed E-state index contributed by atoms with van der Waals surface area (Å²) in [6.45, 7) is 9.95. The number of halogens is 1. The first-order valence-corrected chi connectivity index (χ1v) is 15.1. The number of amides is 2. The fourth-order valence-corrected chi connectivity index (χ4v) is 6.50. The zero-order chi connectivity index (χ0) is 30.5. The number of carboxylic acid groups (broad SMARTS) is 1. The molecule has 1 aliphatic rings. The number of carbonyl (C=O) groups excluding carboxylic acids is 1. The summed E-state index contributed by atoms with van der Waals surface area (Å²) < 4.78 is 13.2. The van der Waals surface area contributed by atoms with Crippen molar-refractivity contribution in [3.05, 3.63) is 106 Å². The molecular formula is C34H41BrN2O5. The minimum atomic E-state index is -1.09. The predicted octanol–water partition coefficient (Wildman–Crippen LogP) is 7.82. The van der Waals surface area contributed by atoms with E-state index in [4.69, 9.17) is 9.47 Å². The highest BCUT2D eigenvalue weighted by atomic mass is 79.9. The molecule has 0 bridgehead atoms. The topological polar surface area (TPSA) is 88.1 Å². The largest absolute Gasteiger partial charge is 0.465 e. The van der Waals surface area contributed by atoms with Gasteiger partial charge in [0.2, 0.25) is 0 Å². The van der Waals surface area contributed by atoms with Crippen molar-refractivity contribution in [1.29, 1.82) is 0 Å². The van der Waals surface area contributed by atoms with Gasteiger partial charge in [-0.2, -0.15) is 0 Å². The molecule has 4 rings (SSSR count). The van der Waals surface area contributed by atoms with Gasteiger partial charge in [0.25, 0.3) is 0 Å². The van der Waals surface area contributed by atoms with Crippen LogP contribution < -0.4 is 5.32 Å². The van der Waals surface area contributed by atoms with E-state index in [2.05, 4.69) is 42.0 Å². The molecule has 42 heavy (non-hydrogen) atoms. The molecule has 1 fully saturated rings. The fraction of sp³-hybridized carbons (Fsp3) is 0.412. The Bertz CT molecular complexity index is 1340. The maximum absolute atomic E-state index is 13.1. The second-order valence-corrected chi connectivity index (χ2v) is 13.4. The van der Waals surface area contributed by atoms with E-state index in [-0.39, 0.29) is 12.6 Å². The Morgan fingerprint density at radius 3 is 2.07 bits per heavy atom. The predicted molar refractivity (Wildman–Crippen MR) is 167 cm³/mol. The van der Waals surface area contributed by atoms with E-state index < -0.39 is 35.0 Å². The molecule has 1 aliphatic heterocycles. The molecule has 224 valence electrons. The Morgan fingerprint density at radius 2 is 1.52 bits per heavy atom. The fourth-order valence-electron chi connectivity index (χ4n) is 6.24. The van der Waals surface area contributed by atoms with E-state index in [9.17, 15) is 14.7 Å². The average molecular weight is 638 g/mol. The van der Waals surface area contributed by atoms with Gasteiger partial charge in [-0.05, 0) is 67.3 Å². The molecule has 1 heterocycles. The van der Waals surface area contributed by atoms with Crippen molar-refractivity contribution >= 4 is 28.1 Å². The Hall–Kier alpha value is -3.36. The van der Waals surface area contributed by atoms with Crippen LogP contribution in [0.1, 0.15) is 57.7 Å². The van der Waals surface area contributed by atoms with E-state index in [0.717, 1.165) is 21.2 Å². The first-order chi connectivity index (χ1) is 19.8. The standard InChI is InChI=1S/C34H41BrN2O5/c1-32(2,3)34(22-25-12-8-6-9-13-25)29(42-33(4,5)37(34)31(39)40)21-28(20-24-16-18-27(35)19-17-24)36-30(38)41-23-26-14-10-7-11-15-26/h6-19,28-29H,20-23H2,1-5H3,(H,36,38)(H,39,40)/t28?,29-,34+/m0/s1. The van der Waals surface area contributed by atoms with Crippen LogP contribution in [0.15, 0.2) is 89.4 Å². The highest BCUT2D eigenvalue weighted by Crippen LogP contribution is 2.52. The molecule has 0 aliphatic carbocycles. The van der Waals surface area contributed by atoms with Crippen molar-refractivity contribution in [2.24, 2.45) is 5.41 Å². The van der Waals surface area contributed by atoms with Gasteiger partial charge in [-0.3, -0.25) is 4.90 Å². The Labute approximate surface area is 257 Å². The molecule has 3 aromatic rings. The minimum Gasteiger partial charge on any atom is -0.465 e. The molecular weight excluding hydrogens is 596 g/mol. The lowest BCUT2D eigenvalue weighted by atomic mass is 9.65. The molecule has 0 aromatic heterocycles. The molecule has 8 heteroatoms. The van der Waals surface area contributed by atoms with Crippen molar-refractivity contribution in [2.45, 2.75) is 83.9 Å². The molecule has 2 N–H and O–H groups in total. The quantitative estimate of drug-likeness (QED) is 0.250. The van der Waals surface area contributed by atoms with E-state index in [1.165, 1.54) is 4.90 Å². The number of rotatable bonds is 9. The van der Waals surface area contributed by atoms with E-state index in [1.54, 1.807) is 13.8 Å². The number of hydrogen-bond acceptors (Lipinski definition) is 4. The molecule has 0 saturated carbocycles. The van der Waals surface area contributed by atoms with Crippen molar-refractivity contribution in [3.8, 4) is 0 Å². The number of alkyl carbamates (subject to hydrolysis) is 1. The Balaban J connectivity index is 1.69. The van der Waals surface area contributed by atoms with Gasteiger partial charge in [0, 0.05) is 10.5 Å². The van der Waals surface area contributed by atoms with Crippen molar-refractivity contribution in [3.63, 3.8) is 0 Å². The van der Waals surface area contributed by atoms with E-state index in [0.29, 0.717) is 19.3 Å².